The average Bonchev–Trinajstić information content (AvgIpc) is 2.01. The smallest absolute Gasteiger partial charge is 0.286 e. The second-order valence-corrected chi connectivity index (χ2v) is 5.74. The van der Waals surface area contributed by atoms with Gasteiger partial charge in [-0.15, -0.1) is 0 Å². The Morgan fingerprint density at radius 1 is 1.36 bits per heavy atom. The molecule has 0 bridgehead atoms. The van der Waals surface area contributed by atoms with E-state index in [2.05, 4.69) is 27.7 Å². The summed E-state index contributed by atoms with van der Waals surface area (Å²) in [4.78, 5) is 0. The highest BCUT2D eigenvalue weighted by Crippen LogP contribution is 2.48. The molecular weight excluding hydrogens is 174 g/mol. The maximum absolute atomic E-state index is 8.56. The maximum Gasteiger partial charge on any atom is 0.286 e. The van der Waals surface area contributed by atoms with Crippen molar-refractivity contribution in [2.75, 3.05) is 0 Å². The zero-order valence-electron chi connectivity index (χ0n) is 9.76. The Balaban J connectivity index is 2.73. The normalized spacial score (nSPS) is 36.1. The first-order chi connectivity index (χ1) is 6.41. The van der Waals surface area contributed by atoms with E-state index < -0.39 is 0 Å². The van der Waals surface area contributed by atoms with Crippen LogP contribution in [0.25, 0.3) is 0 Å². The molecule has 80 valence electrons. The summed E-state index contributed by atoms with van der Waals surface area (Å²) in [7, 11) is 0. The Morgan fingerprint density at radius 3 is 2.50 bits per heavy atom. The SMILES string of the molecule is CCC1(C)CC(OC#N)CC(C)(C)C1. The highest BCUT2D eigenvalue weighted by molar-refractivity contribution is 4.92. The summed E-state index contributed by atoms with van der Waals surface area (Å²) in [5, 5.41) is 8.56. The van der Waals surface area contributed by atoms with Crippen molar-refractivity contribution < 1.29 is 4.74 Å². The largest absolute Gasteiger partial charge is 0.424 e. The second kappa shape index (κ2) is 3.81. The van der Waals surface area contributed by atoms with Crippen molar-refractivity contribution in [1.29, 1.82) is 5.26 Å². The predicted octanol–water partition coefficient (Wildman–Crippen LogP) is 3.48. The molecule has 0 N–H and O–H groups in total. The van der Waals surface area contributed by atoms with E-state index in [-0.39, 0.29) is 6.10 Å². The highest BCUT2D eigenvalue weighted by atomic mass is 16.5. The fourth-order valence-corrected chi connectivity index (χ4v) is 2.97. The number of nitrogens with zero attached hydrogens (tertiary/aromatic N) is 1. The molecule has 1 saturated carbocycles. The Bertz CT molecular complexity index is 241. The molecule has 1 rings (SSSR count). The van der Waals surface area contributed by atoms with Crippen molar-refractivity contribution in [2.24, 2.45) is 10.8 Å². The van der Waals surface area contributed by atoms with Gasteiger partial charge in [-0.2, -0.15) is 5.26 Å². The van der Waals surface area contributed by atoms with Gasteiger partial charge in [-0.3, -0.25) is 0 Å². The fraction of sp³-hybridized carbons (Fsp3) is 0.917. The minimum Gasteiger partial charge on any atom is -0.424 e. The number of rotatable bonds is 2. The Labute approximate surface area is 87.3 Å². The molecule has 2 nitrogen and oxygen atoms in total. The molecule has 0 spiro atoms. The summed E-state index contributed by atoms with van der Waals surface area (Å²) in [6, 6.07) is 0. The van der Waals surface area contributed by atoms with E-state index in [1.165, 1.54) is 12.8 Å². The first-order valence-corrected chi connectivity index (χ1v) is 5.45. The number of hydrogen-bond acceptors (Lipinski definition) is 2. The number of nitriles is 1. The van der Waals surface area contributed by atoms with Crippen LogP contribution in [-0.2, 0) is 4.74 Å². The van der Waals surface area contributed by atoms with E-state index in [0.717, 1.165) is 12.8 Å². The third-order valence-electron chi connectivity index (χ3n) is 3.48. The van der Waals surface area contributed by atoms with Crippen LogP contribution < -0.4 is 0 Å². The summed E-state index contributed by atoms with van der Waals surface area (Å²) in [6.07, 6.45) is 6.41. The van der Waals surface area contributed by atoms with E-state index in [9.17, 15) is 0 Å². The predicted molar refractivity (Wildman–Crippen MR) is 56.5 cm³/mol. The van der Waals surface area contributed by atoms with Gasteiger partial charge < -0.3 is 4.74 Å². The van der Waals surface area contributed by atoms with Crippen LogP contribution in [0.3, 0.4) is 0 Å². The molecule has 0 amide bonds. The molecule has 2 atom stereocenters. The Morgan fingerprint density at radius 2 is 2.00 bits per heavy atom. The van der Waals surface area contributed by atoms with Crippen LogP contribution in [0.15, 0.2) is 0 Å². The summed E-state index contributed by atoms with van der Waals surface area (Å²) in [5.41, 5.74) is 0.661. The molecule has 2 heteroatoms. The standard InChI is InChI=1S/C12H21NO/c1-5-12(4)7-10(14-9-13)6-11(2,3)8-12/h10H,5-8H2,1-4H3. The summed E-state index contributed by atoms with van der Waals surface area (Å²) < 4.78 is 5.12. The molecule has 1 aliphatic carbocycles. The van der Waals surface area contributed by atoms with Gasteiger partial charge in [-0.1, -0.05) is 34.1 Å². The van der Waals surface area contributed by atoms with Crippen LogP contribution in [-0.4, -0.2) is 6.10 Å². The number of hydrogen-bond donors (Lipinski definition) is 0. The van der Waals surface area contributed by atoms with Gasteiger partial charge in [-0.25, -0.2) is 0 Å². The Hall–Kier alpha value is -0.710. The lowest BCUT2D eigenvalue weighted by Gasteiger charge is -2.45. The third kappa shape index (κ3) is 2.64. The molecule has 14 heavy (non-hydrogen) atoms. The summed E-state index contributed by atoms with van der Waals surface area (Å²) >= 11 is 0. The zero-order valence-corrected chi connectivity index (χ0v) is 9.76. The molecule has 1 aliphatic rings. The van der Waals surface area contributed by atoms with Crippen molar-refractivity contribution in [3.8, 4) is 6.26 Å². The monoisotopic (exact) mass is 195 g/mol. The minimum atomic E-state index is 0.133. The van der Waals surface area contributed by atoms with E-state index in [1.54, 1.807) is 0 Å². The first kappa shape index (κ1) is 11.4. The second-order valence-electron chi connectivity index (χ2n) is 5.74. The fourth-order valence-electron chi connectivity index (χ4n) is 2.97. The van der Waals surface area contributed by atoms with Gasteiger partial charge in [0.25, 0.3) is 6.26 Å². The lowest BCUT2D eigenvalue weighted by Crippen LogP contribution is -2.38. The molecule has 0 radical (unpaired) electrons. The summed E-state index contributed by atoms with van der Waals surface area (Å²) in [5.74, 6) is 0. The third-order valence-corrected chi connectivity index (χ3v) is 3.48. The topological polar surface area (TPSA) is 33.0 Å². The molecule has 0 aliphatic heterocycles. The molecular formula is C12H21NO. The van der Waals surface area contributed by atoms with Gasteiger partial charge in [0, 0.05) is 0 Å². The highest BCUT2D eigenvalue weighted by Gasteiger charge is 2.41. The summed E-state index contributed by atoms with van der Waals surface area (Å²) in [6.45, 7) is 9.08. The van der Waals surface area contributed by atoms with Gasteiger partial charge in [0.15, 0.2) is 0 Å². The van der Waals surface area contributed by atoms with Crippen LogP contribution >= 0.6 is 0 Å². The van der Waals surface area contributed by atoms with Crippen LogP contribution in [0, 0.1) is 22.3 Å². The average molecular weight is 195 g/mol. The first-order valence-electron chi connectivity index (χ1n) is 5.45. The minimum absolute atomic E-state index is 0.133. The van der Waals surface area contributed by atoms with Crippen molar-refractivity contribution in [1.82, 2.24) is 0 Å². The van der Waals surface area contributed by atoms with E-state index >= 15 is 0 Å². The van der Waals surface area contributed by atoms with Crippen LogP contribution in [0.2, 0.25) is 0 Å². The lowest BCUT2D eigenvalue weighted by atomic mass is 9.62. The van der Waals surface area contributed by atoms with E-state index in [4.69, 9.17) is 10.00 Å². The van der Waals surface area contributed by atoms with Gasteiger partial charge in [-0.05, 0) is 30.1 Å². The van der Waals surface area contributed by atoms with E-state index in [1.807, 2.05) is 6.26 Å². The van der Waals surface area contributed by atoms with Gasteiger partial charge in [0.05, 0.1) is 0 Å². The molecule has 0 aromatic rings. The van der Waals surface area contributed by atoms with Crippen molar-refractivity contribution in [2.45, 2.75) is 59.5 Å². The molecule has 0 heterocycles. The van der Waals surface area contributed by atoms with Crippen LogP contribution in [0.4, 0.5) is 0 Å². The molecule has 2 unspecified atom stereocenters. The van der Waals surface area contributed by atoms with Gasteiger partial charge in [0.2, 0.25) is 0 Å². The zero-order chi connectivity index (χ0) is 10.8. The quantitative estimate of drug-likeness (QED) is 0.632. The van der Waals surface area contributed by atoms with Crippen LogP contribution in [0.5, 0.6) is 0 Å². The number of ether oxygens (including phenoxy) is 1. The van der Waals surface area contributed by atoms with Crippen molar-refractivity contribution >= 4 is 0 Å². The van der Waals surface area contributed by atoms with Crippen molar-refractivity contribution in [3.63, 3.8) is 0 Å². The Kier molecular flexibility index (Phi) is 3.09. The lowest BCUT2D eigenvalue weighted by molar-refractivity contribution is -0.0127. The maximum atomic E-state index is 8.56. The van der Waals surface area contributed by atoms with Crippen LogP contribution in [0.1, 0.15) is 53.4 Å². The van der Waals surface area contributed by atoms with Gasteiger partial charge in [0.1, 0.15) is 6.10 Å². The van der Waals surface area contributed by atoms with Crippen molar-refractivity contribution in [3.05, 3.63) is 0 Å². The van der Waals surface area contributed by atoms with E-state index in [0.29, 0.717) is 10.8 Å². The molecule has 1 fully saturated rings. The molecule has 0 aromatic heterocycles. The molecule has 0 saturated heterocycles. The van der Waals surface area contributed by atoms with Gasteiger partial charge >= 0.3 is 0 Å². The molecule has 0 aromatic carbocycles.